The van der Waals surface area contributed by atoms with Crippen LogP contribution in [0.2, 0.25) is 0 Å². The van der Waals surface area contributed by atoms with Gasteiger partial charge in [0.1, 0.15) is 12.7 Å². The number of esters is 4. The van der Waals surface area contributed by atoms with Gasteiger partial charge in [0.15, 0.2) is 18.3 Å². The molecule has 1 saturated heterocycles. The molecule has 0 unspecified atom stereocenters. The number of ether oxygens (including phenoxy) is 5. The summed E-state index contributed by atoms with van der Waals surface area (Å²) in [4.78, 5) is 49.8. The zero-order valence-electron chi connectivity index (χ0n) is 14.7. The maximum Gasteiger partial charge on any atom is 0.305 e. The molecule has 0 bridgehead atoms. The van der Waals surface area contributed by atoms with Gasteiger partial charge in [-0.05, 0) is 0 Å². The van der Waals surface area contributed by atoms with Crippen LogP contribution in [0, 0.1) is 0 Å². The molecule has 11 nitrogen and oxygen atoms in total. The molecule has 26 heavy (non-hydrogen) atoms. The number of carbonyl (C=O) groups is 4. The van der Waals surface area contributed by atoms with E-state index in [2.05, 4.69) is 0 Å². The van der Waals surface area contributed by atoms with Crippen LogP contribution in [-0.4, -0.2) is 61.2 Å². The Labute approximate surface area is 155 Å². The van der Waals surface area contributed by atoms with E-state index in [1.807, 2.05) is 0 Å². The summed E-state index contributed by atoms with van der Waals surface area (Å²) < 4.78 is 25.6. The molecule has 1 fully saturated rings. The summed E-state index contributed by atoms with van der Waals surface area (Å²) >= 11 is 0. The van der Waals surface area contributed by atoms with Crippen LogP contribution in [0.5, 0.6) is 0 Å². The predicted octanol–water partition coefficient (Wildman–Crippen LogP) is -0.618. The van der Waals surface area contributed by atoms with Crippen molar-refractivity contribution in [2.45, 2.75) is 58.4 Å². The predicted molar refractivity (Wildman–Crippen MR) is 84.5 cm³/mol. The summed E-state index contributed by atoms with van der Waals surface area (Å²) in [5.41, 5.74) is 0. The fourth-order valence-electron chi connectivity index (χ4n) is 2.27. The van der Waals surface area contributed by atoms with Crippen LogP contribution in [0.15, 0.2) is 0 Å². The van der Waals surface area contributed by atoms with Crippen LogP contribution in [0.4, 0.5) is 0 Å². The minimum atomic E-state index is -1.38. The summed E-state index contributed by atoms with van der Waals surface area (Å²) in [5, 5.41) is 0. The minimum absolute atomic E-state index is 0. The second-order valence-corrected chi connectivity index (χ2v) is 5.20. The first-order valence-corrected chi connectivity index (χ1v) is 7.31. The van der Waals surface area contributed by atoms with Crippen molar-refractivity contribution in [3.8, 4) is 0 Å². The van der Waals surface area contributed by atoms with E-state index < -0.39 is 54.6 Å². The standard InChI is InChI=1S/C14H21NO10.ClH/c1-6(16)20-5-10-11(21-7(2)17)12(22-8(3)18)13(25-15)14(24-10)23-9(4)19;/h10-14H,5,15H2,1-4H3;1H/t10-,11-,12+,13-,14+;/m1./s1. The van der Waals surface area contributed by atoms with E-state index in [4.69, 9.17) is 34.4 Å². The van der Waals surface area contributed by atoms with Gasteiger partial charge in [0, 0.05) is 27.7 Å². The highest BCUT2D eigenvalue weighted by Crippen LogP contribution is 2.29. The molecule has 0 spiro atoms. The Kier molecular flexibility index (Phi) is 10.1. The van der Waals surface area contributed by atoms with Crippen LogP contribution < -0.4 is 5.90 Å². The van der Waals surface area contributed by atoms with Gasteiger partial charge < -0.3 is 23.7 Å². The largest absolute Gasteiger partial charge is 0.463 e. The van der Waals surface area contributed by atoms with Gasteiger partial charge in [-0.1, -0.05) is 0 Å². The van der Waals surface area contributed by atoms with E-state index >= 15 is 0 Å². The van der Waals surface area contributed by atoms with Crippen molar-refractivity contribution >= 4 is 36.3 Å². The third-order valence-corrected chi connectivity index (χ3v) is 3.09. The molecule has 1 heterocycles. The summed E-state index contributed by atoms with van der Waals surface area (Å²) in [6, 6.07) is 0. The van der Waals surface area contributed by atoms with Crippen molar-refractivity contribution in [3.63, 3.8) is 0 Å². The van der Waals surface area contributed by atoms with E-state index in [1.165, 1.54) is 6.92 Å². The fraction of sp³-hybridized carbons (Fsp3) is 0.714. The zero-order chi connectivity index (χ0) is 19.1. The molecule has 0 aromatic carbocycles. The smallest absolute Gasteiger partial charge is 0.305 e. The first-order chi connectivity index (χ1) is 11.6. The average molecular weight is 400 g/mol. The maximum atomic E-state index is 11.4. The van der Waals surface area contributed by atoms with Crippen LogP contribution in [0.25, 0.3) is 0 Å². The molecule has 0 amide bonds. The summed E-state index contributed by atoms with van der Waals surface area (Å²) in [6.45, 7) is 4.19. The monoisotopic (exact) mass is 399 g/mol. The Morgan fingerprint density at radius 3 is 1.73 bits per heavy atom. The molecule has 0 aromatic heterocycles. The van der Waals surface area contributed by atoms with Crippen molar-refractivity contribution in [1.82, 2.24) is 0 Å². The first kappa shape index (κ1) is 24.1. The Hall–Kier alpha value is -1.95. The summed E-state index contributed by atoms with van der Waals surface area (Å²) in [7, 11) is 0. The van der Waals surface area contributed by atoms with Crippen molar-refractivity contribution < 1.29 is 47.7 Å². The van der Waals surface area contributed by atoms with Crippen LogP contribution in [0.1, 0.15) is 27.7 Å². The Morgan fingerprint density at radius 1 is 0.808 bits per heavy atom. The van der Waals surface area contributed by atoms with Gasteiger partial charge in [-0.3, -0.25) is 24.0 Å². The summed E-state index contributed by atoms with van der Waals surface area (Å²) in [6.07, 6.45) is -6.20. The quantitative estimate of drug-likeness (QED) is 0.345. The Bertz CT molecular complexity index is 528. The molecule has 150 valence electrons. The van der Waals surface area contributed by atoms with E-state index in [0.717, 1.165) is 20.8 Å². The van der Waals surface area contributed by atoms with E-state index in [9.17, 15) is 19.2 Å². The topological polar surface area (TPSA) is 150 Å². The van der Waals surface area contributed by atoms with Gasteiger partial charge in [-0.2, -0.15) is 0 Å². The number of rotatable bonds is 6. The maximum absolute atomic E-state index is 11.4. The lowest BCUT2D eigenvalue weighted by atomic mass is 9.98. The highest BCUT2D eigenvalue weighted by atomic mass is 35.5. The molecule has 1 rings (SSSR count). The van der Waals surface area contributed by atoms with Gasteiger partial charge >= 0.3 is 23.9 Å². The van der Waals surface area contributed by atoms with Crippen molar-refractivity contribution in [2.24, 2.45) is 5.90 Å². The molecule has 0 aromatic rings. The molecule has 12 heteroatoms. The van der Waals surface area contributed by atoms with Crippen molar-refractivity contribution in [1.29, 1.82) is 0 Å². The Balaban J connectivity index is 0.00000625. The van der Waals surface area contributed by atoms with Gasteiger partial charge in [0.25, 0.3) is 0 Å². The first-order valence-electron chi connectivity index (χ1n) is 7.31. The highest BCUT2D eigenvalue weighted by Gasteiger charge is 2.52. The van der Waals surface area contributed by atoms with E-state index in [-0.39, 0.29) is 19.0 Å². The molecule has 1 aliphatic rings. The van der Waals surface area contributed by atoms with E-state index in [0.29, 0.717) is 0 Å². The average Bonchev–Trinajstić information content (AvgIpc) is 2.46. The second kappa shape index (κ2) is 10.9. The van der Waals surface area contributed by atoms with Gasteiger partial charge in [0.2, 0.25) is 6.29 Å². The normalized spacial score (nSPS) is 27.5. The molecule has 1 aliphatic heterocycles. The molecule has 0 saturated carbocycles. The summed E-state index contributed by atoms with van der Waals surface area (Å²) in [5.74, 6) is 2.44. The number of carbonyl (C=O) groups excluding carboxylic acids is 4. The molecule has 2 N–H and O–H groups in total. The Morgan fingerprint density at radius 2 is 1.31 bits per heavy atom. The molecular weight excluding hydrogens is 378 g/mol. The third kappa shape index (κ3) is 7.12. The SMILES string of the molecule is CC(=O)OC[C@H]1O[C@H](OC(C)=O)[C@H](ON)[C@@H](OC(C)=O)[C@@H]1OC(C)=O.Cl. The second-order valence-electron chi connectivity index (χ2n) is 5.20. The molecule has 5 atom stereocenters. The number of hydrogen-bond acceptors (Lipinski definition) is 11. The van der Waals surface area contributed by atoms with Crippen LogP contribution in [-0.2, 0) is 47.7 Å². The third-order valence-electron chi connectivity index (χ3n) is 3.09. The lowest BCUT2D eigenvalue weighted by molar-refractivity contribution is -0.306. The van der Waals surface area contributed by atoms with Crippen molar-refractivity contribution in [3.05, 3.63) is 0 Å². The molecule has 0 aliphatic carbocycles. The lowest BCUT2D eigenvalue weighted by Crippen LogP contribution is -2.63. The van der Waals surface area contributed by atoms with Gasteiger partial charge in [0.05, 0.1) is 0 Å². The van der Waals surface area contributed by atoms with Gasteiger partial charge in [-0.25, -0.2) is 5.90 Å². The number of halogens is 1. The fourth-order valence-corrected chi connectivity index (χ4v) is 2.27. The molecule has 0 radical (unpaired) electrons. The zero-order valence-corrected chi connectivity index (χ0v) is 15.5. The van der Waals surface area contributed by atoms with Crippen LogP contribution in [0.3, 0.4) is 0 Å². The number of hydrogen-bond donors (Lipinski definition) is 1. The van der Waals surface area contributed by atoms with Crippen LogP contribution >= 0.6 is 12.4 Å². The molecular formula is C14H22ClNO10. The number of nitrogens with two attached hydrogens (primary N) is 1. The lowest BCUT2D eigenvalue weighted by Gasteiger charge is -2.43. The van der Waals surface area contributed by atoms with Crippen molar-refractivity contribution in [2.75, 3.05) is 6.61 Å². The minimum Gasteiger partial charge on any atom is -0.463 e. The van der Waals surface area contributed by atoms with Gasteiger partial charge in [-0.15, -0.1) is 12.4 Å². The van der Waals surface area contributed by atoms with E-state index in [1.54, 1.807) is 0 Å². The highest BCUT2D eigenvalue weighted by molar-refractivity contribution is 5.85.